The Morgan fingerprint density at radius 1 is 0.610 bits per heavy atom. The number of carbonyl (C=O) groups excluding carboxylic acids is 2. The summed E-state index contributed by atoms with van der Waals surface area (Å²) in [6.07, 6.45) is -11.9. The summed E-state index contributed by atoms with van der Waals surface area (Å²) in [6, 6.07) is 36.2. The lowest BCUT2D eigenvalue weighted by atomic mass is 9.96. The molecule has 2 fully saturated rings. The van der Waals surface area contributed by atoms with Gasteiger partial charge in [-0.15, -0.1) is 0 Å². The van der Waals surface area contributed by atoms with Crippen molar-refractivity contribution < 1.29 is 62.8 Å². The fraction of sp³-hybridized carbons (Fsp3) is 0.422. The van der Waals surface area contributed by atoms with Gasteiger partial charge in [-0.2, -0.15) is 0 Å². The van der Waals surface area contributed by atoms with Crippen molar-refractivity contribution in [3.05, 3.63) is 144 Å². The zero-order valence-corrected chi connectivity index (χ0v) is 33.1. The van der Waals surface area contributed by atoms with Crippen LogP contribution in [0, 0.1) is 5.92 Å². The van der Waals surface area contributed by atoms with Crippen LogP contribution in [0.2, 0.25) is 0 Å². The van der Waals surface area contributed by atoms with E-state index in [0.717, 1.165) is 22.3 Å². The van der Waals surface area contributed by atoms with Crippen LogP contribution in [0.1, 0.15) is 36.1 Å². The van der Waals surface area contributed by atoms with Gasteiger partial charge in [0.05, 0.1) is 39.0 Å². The SMILES string of the molecule is CC(C)C(=O)O[C@H]1[C@H](O)[C@@H](NC(=O)OCc2ccccc2)[C@H](OC[C@H]2O[C@H](O)[C@H](OCc3ccccc3)[C@@H](OCc3ccccc3)[C@@H]2OCc2ccccc2)O[C@@H]1CO. The first-order valence-electron chi connectivity index (χ1n) is 19.7. The van der Waals surface area contributed by atoms with Gasteiger partial charge in [-0.3, -0.25) is 4.79 Å². The lowest BCUT2D eigenvalue weighted by Gasteiger charge is -2.46. The van der Waals surface area contributed by atoms with Gasteiger partial charge in [-0.25, -0.2) is 4.79 Å². The van der Waals surface area contributed by atoms with E-state index in [1.807, 2.05) is 97.1 Å². The number of hydrogen-bond acceptors (Lipinski definition) is 13. The van der Waals surface area contributed by atoms with Crippen molar-refractivity contribution in [1.82, 2.24) is 5.32 Å². The maximum atomic E-state index is 13.2. The van der Waals surface area contributed by atoms with Gasteiger partial charge in [0.1, 0.15) is 49.3 Å². The molecule has 1 amide bonds. The van der Waals surface area contributed by atoms with Gasteiger partial charge in [-0.05, 0) is 22.3 Å². The Morgan fingerprint density at radius 2 is 1.08 bits per heavy atom. The van der Waals surface area contributed by atoms with Crippen LogP contribution < -0.4 is 5.32 Å². The fourth-order valence-electron chi connectivity index (χ4n) is 6.77. The van der Waals surface area contributed by atoms with Gasteiger partial charge in [0, 0.05) is 0 Å². The average Bonchev–Trinajstić information content (AvgIpc) is 3.26. The minimum Gasteiger partial charge on any atom is -0.456 e. The summed E-state index contributed by atoms with van der Waals surface area (Å²) >= 11 is 0. The molecular formula is C45H53NO13. The van der Waals surface area contributed by atoms with Gasteiger partial charge in [0.2, 0.25) is 0 Å². The van der Waals surface area contributed by atoms with Crippen molar-refractivity contribution >= 4 is 12.1 Å². The van der Waals surface area contributed by atoms with Crippen LogP contribution >= 0.6 is 0 Å². The maximum absolute atomic E-state index is 13.2. The molecular weight excluding hydrogens is 762 g/mol. The van der Waals surface area contributed by atoms with Crippen molar-refractivity contribution in [3.8, 4) is 0 Å². The molecule has 4 aromatic rings. The van der Waals surface area contributed by atoms with Gasteiger partial charge in [0.25, 0.3) is 0 Å². The average molecular weight is 816 g/mol. The zero-order chi connectivity index (χ0) is 41.6. The minimum absolute atomic E-state index is 0.0704. The number of rotatable bonds is 18. The van der Waals surface area contributed by atoms with E-state index in [1.54, 1.807) is 38.1 Å². The second kappa shape index (κ2) is 22.0. The first kappa shape index (κ1) is 43.8. The third-order valence-electron chi connectivity index (χ3n) is 9.96. The third kappa shape index (κ3) is 12.4. The van der Waals surface area contributed by atoms with Crippen LogP contribution in [0.5, 0.6) is 0 Å². The van der Waals surface area contributed by atoms with Gasteiger partial charge in [-0.1, -0.05) is 135 Å². The number of nitrogens with one attached hydrogen (secondary N) is 1. The molecule has 2 saturated heterocycles. The Kier molecular flexibility index (Phi) is 16.4. The molecule has 14 heteroatoms. The molecule has 316 valence electrons. The number of esters is 1. The van der Waals surface area contributed by atoms with E-state index in [4.69, 9.17) is 37.9 Å². The normalized spacial score (nSPS) is 26.9. The number of aliphatic hydroxyl groups excluding tert-OH is 3. The van der Waals surface area contributed by atoms with Crippen molar-refractivity contribution in [2.75, 3.05) is 13.2 Å². The fourth-order valence-corrected chi connectivity index (χ4v) is 6.77. The second-order valence-corrected chi connectivity index (χ2v) is 14.7. The molecule has 0 saturated carbocycles. The van der Waals surface area contributed by atoms with Crippen molar-refractivity contribution in [2.24, 2.45) is 5.92 Å². The molecule has 0 aliphatic carbocycles. The lowest BCUT2D eigenvalue weighted by molar-refractivity contribution is -0.330. The Bertz CT molecular complexity index is 1840. The monoisotopic (exact) mass is 815 g/mol. The first-order valence-corrected chi connectivity index (χ1v) is 19.7. The highest BCUT2D eigenvalue weighted by Crippen LogP contribution is 2.32. The topological polar surface area (TPSA) is 181 Å². The number of hydrogen-bond donors (Lipinski definition) is 4. The molecule has 4 N–H and O–H groups in total. The Labute approximate surface area is 343 Å². The highest BCUT2D eigenvalue weighted by atomic mass is 16.7. The van der Waals surface area contributed by atoms with E-state index >= 15 is 0 Å². The van der Waals surface area contributed by atoms with E-state index in [2.05, 4.69) is 5.32 Å². The minimum atomic E-state index is -1.61. The van der Waals surface area contributed by atoms with Gasteiger partial charge < -0.3 is 58.5 Å². The molecule has 59 heavy (non-hydrogen) atoms. The summed E-state index contributed by atoms with van der Waals surface area (Å²) in [4.78, 5) is 25.9. The number of carbonyl (C=O) groups is 2. The van der Waals surface area contributed by atoms with Crippen LogP contribution in [0.25, 0.3) is 0 Å². The smallest absolute Gasteiger partial charge is 0.407 e. The molecule has 4 aromatic carbocycles. The van der Waals surface area contributed by atoms with Gasteiger partial charge in [0.15, 0.2) is 18.7 Å². The molecule has 0 unspecified atom stereocenters. The second-order valence-electron chi connectivity index (χ2n) is 14.7. The first-order chi connectivity index (χ1) is 28.7. The van der Waals surface area contributed by atoms with E-state index in [-0.39, 0.29) is 33.0 Å². The molecule has 2 aliphatic rings. The van der Waals surface area contributed by atoms with Crippen LogP contribution in [0.4, 0.5) is 4.79 Å². The zero-order valence-electron chi connectivity index (χ0n) is 33.1. The van der Waals surface area contributed by atoms with Crippen LogP contribution in [-0.4, -0.2) is 102 Å². The van der Waals surface area contributed by atoms with Gasteiger partial charge >= 0.3 is 12.1 Å². The summed E-state index contributed by atoms with van der Waals surface area (Å²) in [5.41, 5.74) is 3.35. The van der Waals surface area contributed by atoms with E-state index in [0.29, 0.717) is 0 Å². The van der Waals surface area contributed by atoms with Crippen molar-refractivity contribution in [3.63, 3.8) is 0 Å². The molecule has 0 spiro atoms. The molecule has 0 aromatic heterocycles. The molecule has 14 nitrogen and oxygen atoms in total. The summed E-state index contributed by atoms with van der Waals surface area (Å²) in [7, 11) is 0. The number of alkyl carbamates (subject to hydrolysis) is 1. The third-order valence-corrected chi connectivity index (χ3v) is 9.96. The maximum Gasteiger partial charge on any atom is 0.407 e. The number of benzene rings is 4. The van der Waals surface area contributed by atoms with Crippen LogP contribution in [-0.2, 0) is 69.1 Å². The van der Waals surface area contributed by atoms with Crippen LogP contribution in [0.3, 0.4) is 0 Å². The molecule has 6 rings (SSSR count). The Balaban J connectivity index is 1.25. The van der Waals surface area contributed by atoms with E-state index < -0.39 is 85.9 Å². The standard InChI is InChI=1S/C45H53NO13/c1-29(2)42(49)59-38-34(23-47)58-44(36(37(38)48)46-45(51)56-27-33-21-13-6-14-22-33)55-28-35-39(52-24-30-15-7-3-8-16-30)40(53-25-31-17-9-4-10-18-31)41(43(50)57-35)54-26-32-19-11-5-12-20-32/h3-22,29,34-41,43-44,47-48,50H,23-28H2,1-2H3,(H,46,51)/t34-,35-,36-,37-,38-,39-,40+,41-,43+,44-/m1/s1. The molecule has 2 heterocycles. The lowest BCUT2D eigenvalue weighted by Crippen LogP contribution is -2.66. The van der Waals surface area contributed by atoms with E-state index in [9.17, 15) is 24.9 Å². The molecule has 0 radical (unpaired) electrons. The Morgan fingerprint density at radius 3 is 1.58 bits per heavy atom. The van der Waals surface area contributed by atoms with Crippen molar-refractivity contribution in [1.29, 1.82) is 0 Å². The molecule has 10 atom stereocenters. The highest BCUT2D eigenvalue weighted by Gasteiger charge is 2.51. The predicted molar refractivity (Wildman–Crippen MR) is 212 cm³/mol. The number of amides is 1. The van der Waals surface area contributed by atoms with Crippen molar-refractivity contribution in [2.45, 2.75) is 102 Å². The summed E-state index contributed by atoms with van der Waals surface area (Å²) in [5, 5.41) is 36.2. The summed E-state index contributed by atoms with van der Waals surface area (Å²) in [5.74, 6) is -1.20. The largest absolute Gasteiger partial charge is 0.456 e. The summed E-state index contributed by atoms with van der Waals surface area (Å²) < 4.78 is 49.0. The highest BCUT2D eigenvalue weighted by molar-refractivity contribution is 5.72. The molecule has 2 aliphatic heterocycles. The van der Waals surface area contributed by atoms with Crippen LogP contribution in [0.15, 0.2) is 121 Å². The van der Waals surface area contributed by atoms with E-state index in [1.165, 1.54) is 0 Å². The Hall–Kier alpha value is -4.74. The summed E-state index contributed by atoms with van der Waals surface area (Å²) in [6.45, 7) is 2.65. The predicted octanol–water partition coefficient (Wildman–Crippen LogP) is 4.42. The quantitative estimate of drug-likeness (QED) is 0.104. The molecule has 0 bridgehead atoms. The number of ether oxygens (including phenoxy) is 8. The number of aliphatic hydroxyl groups is 3.